The van der Waals surface area contributed by atoms with Crippen LogP contribution in [0.15, 0.2) is 0 Å². The number of aromatic nitrogens is 2. The average Bonchev–Trinajstić information content (AvgIpc) is 2.30. The zero-order valence-corrected chi connectivity index (χ0v) is 6.02. The Labute approximate surface area is 62.6 Å². The summed E-state index contributed by atoms with van der Waals surface area (Å²) in [6.45, 7) is 1.75. The van der Waals surface area contributed by atoms with E-state index in [1.54, 1.807) is 6.92 Å². The van der Waals surface area contributed by atoms with Crippen molar-refractivity contribution in [1.29, 1.82) is 0 Å². The van der Waals surface area contributed by atoms with Gasteiger partial charge in [0.15, 0.2) is 11.5 Å². The highest BCUT2D eigenvalue weighted by atomic mass is 19.1. The molecule has 60 valence electrons. The Morgan fingerprint density at radius 2 is 2.45 bits per heavy atom. The molecule has 1 amide bonds. The third-order valence-corrected chi connectivity index (χ3v) is 1.36. The molecule has 0 radical (unpaired) electrons. The summed E-state index contributed by atoms with van der Waals surface area (Å²) in [5, 5.41) is 5.79. The van der Waals surface area contributed by atoms with Gasteiger partial charge in [-0.05, 0) is 6.42 Å². The first-order valence-corrected chi connectivity index (χ1v) is 3.19. The van der Waals surface area contributed by atoms with E-state index in [0.29, 0.717) is 12.1 Å². The number of nitrogens with zero attached hydrogens (tertiary/aromatic N) is 1. The quantitative estimate of drug-likeness (QED) is 0.644. The molecule has 0 aliphatic rings. The minimum atomic E-state index is -0.849. The third-order valence-electron chi connectivity index (χ3n) is 1.36. The van der Waals surface area contributed by atoms with E-state index in [-0.39, 0.29) is 5.69 Å². The molecule has 11 heavy (non-hydrogen) atoms. The molecule has 1 aromatic heterocycles. The van der Waals surface area contributed by atoms with E-state index in [2.05, 4.69) is 10.2 Å². The summed E-state index contributed by atoms with van der Waals surface area (Å²) in [5.74, 6) is -1.49. The number of carbonyl (C=O) groups is 1. The molecule has 0 aromatic carbocycles. The highest BCUT2D eigenvalue weighted by Gasteiger charge is 2.15. The van der Waals surface area contributed by atoms with Crippen molar-refractivity contribution < 1.29 is 9.18 Å². The van der Waals surface area contributed by atoms with Crippen LogP contribution in [-0.2, 0) is 6.42 Å². The first kappa shape index (κ1) is 7.71. The van der Waals surface area contributed by atoms with Crippen LogP contribution in [0, 0.1) is 5.82 Å². The van der Waals surface area contributed by atoms with E-state index in [1.165, 1.54) is 0 Å². The van der Waals surface area contributed by atoms with Crippen molar-refractivity contribution in [1.82, 2.24) is 10.2 Å². The van der Waals surface area contributed by atoms with Gasteiger partial charge in [-0.15, -0.1) is 0 Å². The molecule has 1 rings (SSSR count). The summed E-state index contributed by atoms with van der Waals surface area (Å²) in [4.78, 5) is 10.5. The standard InChI is InChI=1S/C6H8FN3O/c1-2-3-4(7)5(6(8)11)10-9-3/h2H2,1H3,(H2,8,11)(H,9,10). The van der Waals surface area contributed by atoms with E-state index in [9.17, 15) is 9.18 Å². The molecule has 0 atom stereocenters. The number of carbonyl (C=O) groups excluding carboxylic acids is 1. The SMILES string of the molecule is CCc1[nH]nc(C(N)=O)c1F. The summed E-state index contributed by atoms with van der Waals surface area (Å²) in [6.07, 6.45) is 0.464. The average molecular weight is 157 g/mol. The second-order valence-electron chi connectivity index (χ2n) is 2.08. The molecule has 5 heteroatoms. The maximum atomic E-state index is 12.9. The minimum Gasteiger partial charge on any atom is -0.364 e. The minimum absolute atomic E-state index is 0.304. The fourth-order valence-corrected chi connectivity index (χ4v) is 0.762. The Hall–Kier alpha value is -1.39. The Bertz CT molecular complexity index is 281. The Morgan fingerprint density at radius 3 is 2.73 bits per heavy atom. The predicted octanol–water partition coefficient (Wildman–Crippen LogP) is 0.210. The van der Waals surface area contributed by atoms with Gasteiger partial charge < -0.3 is 5.73 Å². The molecule has 4 nitrogen and oxygen atoms in total. The molecule has 0 unspecified atom stereocenters. The van der Waals surface area contributed by atoms with Crippen LogP contribution in [0.1, 0.15) is 23.1 Å². The Kier molecular flexibility index (Phi) is 1.89. The lowest BCUT2D eigenvalue weighted by Crippen LogP contribution is -2.13. The van der Waals surface area contributed by atoms with Crippen molar-refractivity contribution in [2.45, 2.75) is 13.3 Å². The van der Waals surface area contributed by atoms with Gasteiger partial charge in [0.25, 0.3) is 5.91 Å². The molecule has 0 saturated carbocycles. The number of aryl methyl sites for hydroxylation is 1. The van der Waals surface area contributed by atoms with Gasteiger partial charge in [-0.3, -0.25) is 9.89 Å². The van der Waals surface area contributed by atoms with Crippen LogP contribution in [0.5, 0.6) is 0 Å². The number of primary amides is 1. The van der Waals surface area contributed by atoms with Crippen molar-refractivity contribution in [2.75, 3.05) is 0 Å². The van der Waals surface area contributed by atoms with Gasteiger partial charge in [0.05, 0.1) is 5.69 Å². The van der Waals surface area contributed by atoms with Gasteiger partial charge in [-0.1, -0.05) is 6.92 Å². The molecule has 0 fully saturated rings. The topological polar surface area (TPSA) is 71.8 Å². The summed E-state index contributed by atoms with van der Waals surface area (Å²) in [6, 6.07) is 0. The fourth-order valence-electron chi connectivity index (χ4n) is 0.762. The van der Waals surface area contributed by atoms with E-state index in [1.807, 2.05) is 0 Å². The molecule has 0 spiro atoms. The van der Waals surface area contributed by atoms with Gasteiger partial charge in [-0.25, -0.2) is 4.39 Å². The molecule has 0 bridgehead atoms. The van der Waals surface area contributed by atoms with Crippen molar-refractivity contribution in [3.8, 4) is 0 Å². The van der Waals surface area contributed by atoms with E-state index < -0.39 is 11.7 Å². The van der Waals surface area contributed by atoms with Crippen LogP contribution in [0.25, 0.3) is 0 Å². The molecular weight excluding hydrogens is 149 g/mol. The van der Waals surface area contributed by atoms with Gasteiger partial charge >= 0.3 is 0 Å². The van der Waals surface area contributed by atoms with E-state index in [0.717, 1.165) is 0 Å². The number of hydrogen-bond acceptors (Lipinski definition) is 2. The van der Waals surface area contributed by atoms with Gasteiger partial charge in [0.2, 0.25) is 0 Å². The lowest BCUT2D eigenvalue weighted by atomic mass is 10.3. The molecule has 1 aromatic rings. The van der Waals surface area contributed by atoms with Crippen molar-refractivity contribution in [3.63, 3.8) is 0 Å². The number of nitrogens with one attached hydrogen (secondary N) is 1. The second kappa shape index (κ2) is 2.69. The van der Waals surface area contributed by atoms with Gasteiger partial charge in [0.1, 0.15) is 0 Å². The van der Waals surface area contributed by atoms with Crippen LogP contribution < -0.4 is 5.73 Å². The maximum absolute atomic E-state index is 12.9. The summed E-state index contributed by atoms with van der Waals surface area (Å²) >= 11 is 0. The first-order valence-electron chi connectivity index (χ1n) is 3.19. The number of rotatable bonds is 2. The largest absolute Gasteiger partial charge is 0.364 e. The highest BCUT2D eigenvalue weighted by molar-refractivity contribution is 5.91. The van der Waals surface area contributed by atoms with Gasteiger partial charge in [0, 0.05) is 0 Å². The Balaban J connectivity index is 3.10. The van der Waals surface area contributed by atoms with Crippen LogP contribution in [0.2, 0.25) is 0 Å². The number of nitrogens with two attached hydrogens (primary N) is 1. The molecule has 3 N–H and O–H groups in total. The smallest absolute Gasteiger partial charge is 0.272 e. The van der Waals surface area contributed by atoms with E-state index >= 15 is 0 Å². The number of aromatic amines is 1. The Morgan fingerprint density at radius 1 is 1.82 bits per heavy atom. The van der Waals surface area contributed by atoms with Crippen LogP contribution in [0.3, 0.4) is 0 Å². The molecule has 1 heterocycles. The number of halogens is 1. The third kappa shape index (κ3) is 1.21. The zero-order chi connectivity index (χ0) is 8.43. The number of hydrogen-bond donors (Lipinski definition) is 2. The van der Waals surface area contributed by atoms with Gasteiger partial charge in [-0.2, -0.15) is 5.10 Å². The summed E-state index contributed by atoms with van der Waals surface area (Å²) in [5.41, 5.74) is 4.81. The highest BCUT2D eigenvalue weighted by Crippen LogP contribution is 2.07. The monoisotopic (exact) mass is 157 g/mol. The first-order chi connectivity index (χ1) is 5.16. The second-order valence-corrected chi connectivity index (χ2v) is 2.08. The molecule has 0 aliphatic heterocycles. The summed E-state index contributed by atoms with van der Waals surface area (Å²) in [7, 11) is 0. The molecule has 0 saturated heterocycles. The lowest BCUT2D eigenvalue weighted by Gasteiger charge is -1.87. The molecular formula is C6H8FN3O. The molecule has 0 aliphatic carbocycles. The number of H-pyrrole nitrogens is 1. The zero-order valence-electron chi connectivity index (χ0n) is 6.02. The lowest BCUT2D eigenvalue weighted by molar-refractivity contribution is 0.0991. The van der Waals surface area contributed by atoms with E-state index in [4.69, 9.17) is 5.73 Å². The summed E-state index contributed by atoms with van der Waals surface area (Å²) < 4.78 is 12.9. The predicted molar refractivity (Wildman–Crippen MR) is 36.4 cm³/mol. The number of amides is 1. The van der Waals surface area contributed by atoms with Crippen molar-refractivity contribution in [3.05, 3.63) is 17.2 Å². The van der Waals surface area contributed by atoms with Crippen LogP contribution in [0.4, 0.5) is 4.39 Å². The normalized spacial score (nSPS) is 10.0. The van der Waals surface area contributed by atoms with Crippen molar-refractivity contribution in [2.24, 2.45) is 5.73 Å². The fraction of sp³-hybridized carbons (Fsp3) is 0.333. The van der Waals surface area contributed by atoms with Crippen LogP contribution in [-0.4, -0.2) is 16.1 Å². The van der Waals surface area contributed by atoms with Crippen LogP contribution >= 0.6 is 0 Å². The van der Waals surface area contributed by atoms with Crippen molar-refractivity contribution >= 4 is 5.91 Å². The maximum Gasteiger partial charge on any atom is 0.272 e.